The molecule has 1 saturated heterocycles. The number of rotatable bonds is 6. The summed E-state index contributed by atoms with van der Waals surface area (Å²) in [5, 5.41) is 3.42. The Bertz CT molecular complexity index is 515. The van der Waals surface area contributed by atoms with Crippen LogP contribution in [0.5, 0.6) is 0 Å². The van der Waals surface area contributed by atoms with Crippen molar-refractivity contribution < 1.29 is 4.79 Å². The Hall–Kier alpha value is -1.62. The molecule has 0 aliphatic carbocycles. The largest absolute Gasteiger partial charge is 0.387 e. The van der Waals surface area contributed by atoms with Crippen LogP contribution in [0.2, 0.25) is 0 Å². The van der Waals surface area contributed by atoms with Crippen molar-refractivity contribution in [3.8, 4) is 0 Å². The maximum atomic E-state index is 12.1. The maximum absolute atomic E-state index is 12.1. The highest BCUT2D eigenvalue weighted by Crippen LogP contribution is 2.10. The number of allylic oxidation sites excluding steroid dienone is 3. The zero-order valence-electron chi connectivity index (χ0n) is 19.5. The van der Waals surface area contributed by atoms with Crippen LogP contribution in [0.1, 0.15) is 73.6 Å². The zero-order chi connectivity index (χ0) is 21.4. The molecule has 0 radical (unpaired) electrons. The van der Waals surface area contributed by atoms with E-state index in [2.05, 4.69) is 29.1 Å². The summed E-state index contributed by atoms with van der Waals surface area (Å²) in [5.41, 5.74) is 1.83. The lowest BCUT2D eigenvalue weighted by Gasteiger charge is -2.26. The molecule has 2 rings (SSSR count). The number of carbonyl (C=O) groups is 1. The van der Waals surface area contributed by atoms with Crippen molar-refractivity contribution in [3.05, 3.63) is 23.4 Å². The van der Waals surface area contributed by atoms with Gasteiger partial charge in [0.05, 0.1) is 6.54 Å². The second-order valence-corrected chi connectivity index (χ2v) is 7.10. The van der Waals surface area contributed by atoms with Crippen LogP contribution in [0.25, 0.3) is 0 Å². The van der Waals surface area contributed by atoms with Crippen LogP contribution in [0.3, 0.4) is 0 Å². The maximum Gasteiger partial charge on any atom is 0.256 e. The lowest BCUT2D eigenvalue weighted by molar-refractivity contribution is -0.122. The molecule has 1 fully saturated rings. The Kier molecular flexibility index (Phi) is 15.4. The van der Waals surface area contributed by atoms with Gasteiger partial charge in [-0.3, -0.25) is 9.79 Å². The van der Waals surface area contributed by atoms with Crippen LogP contribution >= 0.6 is 0 Å². The van der Waals surface area contributed by atoms with Gasteiger partial charge in [0.2, 0.25) is 0 Å². The van der Waals surface area contributed by atoms with E-state index in [1.54, 1.807) is 11.9 Å². The van der Waals surface area contributed by atoms with Gasteiger partial charge in [-0.05, 0) is 51.9 Å². The summed E-state index contributed by atoms with van der Waals surface area (Å²) in [6.07, 6.45) is 10.5. The van der Waals surface area contributed by atoms with E-state index in [4.69, 9.17) is 0 Å². The molecule has 2 heterocycles. The summed E-state index contributed by atoms with van der Waals surface area (Å²) in [6.45, 7) is 17.2. The van der Waals surface area contributed by atoms with Crippen molar-refractivity contribution in [2.75, 3.05) is 39.8 Å². The SMILES string of the molecule is CC.CC1=NC/C(=C\C=C(/C)NCCN2CCCCC2)C(=O)N1C.CCCC. The highest BCUT2D eigenvalue weighted by molar-refractivity contribution is 6.07. The van der Waals surface area contributed by atoms with E-state index in [0.29, 0.717) is 6.54 Å². The lowest BCUT2D eigenvalue weighted by atomic mass is 10.1. The van der Waals surface area contributed by atoms with Gasteiger partial charge in [0, 0.05) is 31.4 Å². The molecule has 2 aliphatic rings. The van der Waals surface area contributed by atoms with Crippen molar-refractivity contribution in [3.63, 3.8) is 0 Å². The number of nitrogens with zero attached hydrogens (tertiary/aromatic N) is 3. The van der Waals surface area contributed by atoms with Crippen molar-refractivity contribution in [1.82, 2.24) is 15.1 Å². The number of nitrogens with one attached hydrogen (secondary N) is 1. The van der Waals surface area contributed by atoms with Crippen LogP contribution in [0.15, 0.2) is 28.4 Å². The number of hydrogen-bond donors (Lipinski definition) is 1. The predicted molar refractivity (Wildman–Crippen MR) is 123 cm³/mol. The monoisotopic (exact) mass is 392 g/mol. The number of amidine groups is 1. The standard InChI is InChI=1S/C17H28N4O.C4H10.C2H6/c1-14(18-9-12-21-10-5-4-6-11-21)7-8-16-13-19-15(2)20(3)17(16)22;1-3-4-2;1-2/h7-8,18H,4-6,9-13H2,1-3H3;3-4H2,1-2H3;1-2H3/b14-7+,16-8+;;. The fourth-order valence-corrected chi connectivity index (χ4v) is 2.74. The van der Waals surface area contributed by atoms with E-state index in [1.165, 1.54) is 45.2 Å². The van der Waals surface area contributed by atoms with Crippen LogP contribution in [-0.2, 0) is 4.79 Å². The lowest BCUT2D eigenvalue weighted by Crippen LogP contribution is -2.37. The third-order valence-electron chi connectivity index (χ3n) is 4.86. The highest BCUT2D eigenvalue weighted by atomic mass is 16.2. The number of likely N-dealkylation sites (tertiary alicyclic amines) is 1. The van der Waals surface area contributed by atoms with Gasteiger partial charge in [-0.15, -0.1) is 0 Å². The molecule has 5 nitrogen and oxygen atoms in total. The molecule has 5 heteroatoms. The summed E-state index contributed by atoms with van der Waals surface area (Å²) in [5.74, 6) is 0.826. The van der Waals surface area contributed by atoms with Crippen LogP contribution in [-0.4, -0.2) is 61.3 Å². The first kappa shape index (κ1) is 26.4. The van der Waals surface area contributed by atoms with Crippen molar-refractivity contribution in [1.29, 1.82) is 0 Å². The fourth-order valence-electron chi connectivity index (χ4n) is 2.74. The smallest absolute Gasteiger partial charge is 0.256 e. The van der Waals surface area contributed by atoms with Gasteiger partial charge in [-0.1, -0.05) is 47.0 Å². The van der Waals surface area contributed by atoms with Gasteiger partial charge in [0.1, 0.15) is 5.84 Å². The van der Waals surface area contributed by atoms with E-state index >= 15 is 0 Å². The number of hydrogen-bond acceptors (Lipinski definition) is 4. The highest BCUT2D eigenvalue weighted by Gasteiger charge is 2.20. The summed E-state index contributed by atoms with van der Waals surface area (Å²) < 4.78 is 0. The van der Waals surface area contributed by atoms with Crippen LogP contribution in [0, 0.1) is 0 Å². The first-order chi connectivity index (χ1) is 13.5. The number of piperidine rings is 1. The van der Waals surface area contributed by atoms with Gasteiger partial charge < -0.3 is 15.1 Å². The summed E-state index contributed by atoms with van der Waals surface area (Å²) >= 11 is 0. The van der Waals surface area contributed by atoms with Gasteiger partial charge in [-0.25, -0.2) is 0 Å². The number of amides is 1. The van der Waals surface area contributed by atoms with Crippen LogP contribution in [0.4, 0.5) is 0 Å². The molecule has 1 amide bonds. The quantitative estimate of drug-likeness (QED) is 0.671. The summed E-state index contributed by atoms with van der Waals surface area (Å²) in [6, 6.07) is 0. The predicted octanol–water partition coefficient (Wildman–Crippen LogP) is 4.62. The normalized spacial score (nSPS) is 19.3. The molecule has 0 aromatic rings. The van der Waals surface area contributed by atoms with E-state index in [1.807, 2.05) is 39.8 Å². The Labute approximate surface area is 174 Å². The Balaban J connectivity index is 0.00000108. The van der Waals surface area contributed by atoms with Gasteiger partial charge in [-0.2, -0.15) is 0 Å². The van der Waals surface area contributed by atoms with Crippen molar-refractivity contribution in [2.45, 2.75) is 73.6 Å². The second-order valence-electron chi connectivity index (χ2n) is 7.10. The van der Waals surface area contributed by atoms with Gasteiger partial charge in [0.25, 0.3) is 5.91 Å². The Morgan fingerprint density at radius 3 is 2.32 bits per heavy atom. The molecule has 162 valence electrons. The number of carbonyl (C=O) groups excluding carboxylic acids is 1. The molecule has 0 aromatic heterocycles. The second kappa shape index (κ2) is 16.3. The zero-order valence-corrected chi connectivity index (χ0v) is 19.5. The van der Waals surface area contributed by atoms with E-state index in [-0.39, 0.29) is 5.91 Å². The van der Waals surface area contributed by atoms with E-state index in [9.17, 15) is 4.79 Å². The number of aliphatic imine (C=N–C) groups is 1. The molecular formula is C23H44N4O. The molecule has 28 heavy (non-hydrogen) atoms. The Morgan fingerprint density at radius 1 is 1.14 bits per heavy atom. The molecule has 1 N–H and O–H groups in total. The minimum atomic E-state index is 0.0462. The molecule has 0 unspecified atom stereocenters. The van der Waals surface area contributed by atoms with Gasteiger partial charge in [0.15, 0.2) is 0 Å². The molecule has 0 spiro atoms. The molecule has 0 atom stereocenters. The van der Waals surface area contributed by atoms with Gasteiger partial charge >= 0.3 is 0 Å². The summed E-state index contributed by atoms with van der Waals surface area (Å²) in [4.78, 5) is 20.5. The average molecular weight is 393 g/mol. The average Bonchev–Trinajstić information content (AvgIpc) is 2.74. The first-order valence-electron chi connectivity index (χ1n) is 11.1. The molecule has 2 aliphatic heterocycles. The Morgan fingerprint density at radius 2 is 1.75 bits per heavy atom. The molecule has 0 bridgehead atoms. The van der Waals surface area contributed by atoms with Crippen molar-refractivity contribution in [2.24, 2.45) is 4.99 Å². The fraction of sp³-hybridized carbons (Fsp3) is 0.739. The molecular weight excluding hydrogens is 348 g/mol. The topological polar surface area (TPSA) is 47.9 Å². The number of unbranched alkanes of at least 4 members (excludes halogenated alkanes) is 1. The minimum absolute atomic E-state index is 0.0462. The van der Waals surface area contributed by atoms with E-state index < -0.39 is 0 Å². The molecule has 0 saturated carbocycles. The third kappa shape index (κ3) is 10.6. The number of likely N-dealkylation sites (N-methyl/N-ethyl adjacent to an activating group) is 1. The van der Waals surface area contributed by atoms with Crippen LogP contribution < -0.4 is 5.32 Å². The minimum Gasteiger partial charge on any atom is -0.387 e. The molecule has 0 aromatic carbocycles. The first-order valence-corrected chi connectivity index (χ1v) is 11.1. The summed E-state index contributed by atoms with van der Waals surface area (Å²) in [7, 11) is 1.77. The van der Waals surface area contributed by atoms with E-state index in [0.717, 1.165) is 30.2 Å². The third-order valence-corrected chi connectivity index (χ3v) is 4.86. The van der Waals surface area contributed by atoms with Crippen molar-refractivity contribution >= 4 is 11.7 Å².